The van der Waals surface area contributed by atoms with Crippen molar-refractivity contribution in [3.05, 3.63) is 139 Å². The van der Waals surface area contributed by atoms with E-state index >= 15 is 0 Å². The number of nitrogens with zero attached hydrogens (tertiary/aromatic N) is 1. The van der Waals surface area contributed by atoms with E-state index < -0.39 is 24.9 Å². The number of carbonyl (C=O) groups is 3. The van der Waals surface area contributed by atoms with E-state index in [9.17, 15) is 14.4 Å². The van der Waals surface area contributed by atoms with Crippen molar-refractivity contribution >= 4 is 63.1 Å². The maximum atomic E-state index is 14.6. The third-order valence-corrected chi connectivity index (χ3v) is 12.1. The number of β-lactam (4-membered cyclic amide) rings is 1. The molecule has 0 aromatic heterocycles. The Morgan fingerprint density at radius 1 is 0.778 bits per heavy atom. The Balaban J connectivity index is 1.74. The highest BCUT2D eigenvalue weighted by molar-refractivity contribution is 7.96. The number of allylic oxidation sites excluding steroid dienone is 1. The molecule has 0 bridgehead atoms. The fourth-order valence-electron chi connectivity index (χ4n) is 5.54. The third-order valence-electron chi connectivity index (χ3n) is 7.54. The van der Waals surface area contributed by atoms with Gasteiger partial charge in [0.25, 0.3) is 0 Å². The molecule has 1 aliphatic rings. The molecule has 1 aliphatic heterocycles. The van der Waals surface area contributed by atoms with Gasteiger partial charge in [-0.2, -0.15) is 0 Å². The van der Waals surface area contributed by atoms with Crippen LogP contribution in [-0.2, 0) is 30.5 Å². The quantitative estimate of drug-likeness (QED) is 0.0689. The van der Waals surface area contributed by atoms with Crippen molar-refractivity contribution in [1.82, 2.24) is 4.90 Å². The molecule has 228 valence electrons. The highest BCUT2D eigenvalue weighted by Gasteiger charge is 2.47. The van der Waals surface area contributed by atoms with Crippen molar-refractivity contribution in [2.45, 2.75) is 32.4 Å². The zero-order valence-corrected chi connectivity index (χ0v) is 26.7. The number of rotatable bonds is 12. The van der Waals surface area contributed by atoms with E-state index in [2.05, 4.69) is 0 Å². The van der Waals surface area contributed by atoms with Gasteiger partial charge in [-0.05, 0) is 34.5 Å². The molecule has 1 atom stereocenters. The van der Waals surface area contributed by atoms with Gasteiger partial charge in [-0.1, -0.05) is 134 Å². The highest BCUT2D eigenvalue weighted by atomic mass is 32.1. The van der Waals surface area contributed by atoms with E-state index in [0.29, 0.717) is 16.7 Å². The number of ether oxygens (including phenoxy) is 2. The summed E-state index contributed by atoms with van der Waals surface area (Å²) in [6.45, 7) is -0.966. The molecular formula is C37H34NO5PS. The monoisotopic (exact) mass is 635 g/mol. The minimum atomic E-state index is -3.01. The molecule has 1 heterocycles. The Labute approximate surface area is 269 Å². The van der Waals surface area contributed by atoms with Crippen molar-refractivity contribution in [2.24, 2.45) is 0 Å². The van der Waals surface area contributed by atoms with Crippen LogP contribution < -0.4 is 15.9 Å². The van der Waals surface area contributed by atoms with E-state index in [0.717, 1.165) is 21.5 Å². The van der Waals surface area contributed by atoms with Gasteiger partial charge in [0, 0.05) is 30.7 Å². The fraction of sp³-hybridized carbons (Fsp3) is 0.162. The SMILES string of the molecule is CCOC(=O)C=CC(=S)CC1CC(=O)N1C(C(=O)OCc1ccccc1)=P(c1ccccc1)(c1ccccc1)c1ccccc1. The van der Waals surface area contributed by atoms with Crippen LogP contribution in [0.2, 0.25) is 0 Å². The molecule has 0 spiro atoms. The van der Waals surface area contributed by atoms with Crippen LogP contribution in [0.4, 0.5) is 0 Å². The highest BCUT2D eigenvalue weighted by Crippen LogP contribution is 2.49. The van der Waals surface area contributed by atoms with Crippen LogP contribution in [-0.4, -0.2) is 45.7 Å². The van der Waals surface area contributed by atoms with Gasteiger partial charge in [0.2, 0.25) is 5.91 Å². The van der Waals surface area contributed by atoms with Crippen molar-refractivity contribution in [3.63, 3.8) is 0 Å². The molecule has 8 heteroatoms. The number of likely N-dealkylation sites (tertiary alicyclic amines) is 1. The second-order valence-electron chi connectivity index (χ2n) is 10.4. The first-order chi connectivity index (χ1) is 21.9. The van der Waals surface area contributed by atoms with E-state index in [1.165, 1.54) is 12.2 Å². The van der Waals surface area contributed by atoms with Gasteiger partial charge in [0.1, 0.15) is 12.0 Å². The van der Waals surface area contributed by atoms with E-state index in [4.69, 9.17) is 21.7 Å². The normalized spacial score (nSPS) is 14.5. The molecule has 0 radical (unpaired) electrons. The van der Waals surface area contributed by atoms with Crippen LogP contribution in [0.15, 0.2) is 133 Å². The first kappa shape index (κ1) is 31.8. The Morgan fingerprint density at radius 2 is 1.27 bits per heavy atom. The maximum Gasteiger partial charge on any atom is 0.356 e. The molecule has 0 saturated carbocycles. The van der Waals surface area contributed by atoms with Gasteiger partial charge in [0.05, 0.1) is 12.6 Å². The number of esters is 2. The van der Waals surface area contributed by atoms with Crippen molar-refractivity contribution < 1.29 is 23.9 Å². The van der Waals surface area contributed by atoms with Gasteiger partial charge in [0.15, 0.2) is 0 Å². The lowest BCUT2D eigenvalue weighted by atomic mass is 9.96. The zero-order valence-electron chi connectivity index (χ0n) is 25.0. The first-order valence-corrected chi connectivity index (χ1v) is 17.0. The van der Waals surface area contributed by atoms with Gasteiger partial charge < -0.3 is 14.4 Å². The fourth-order valence-corrected chi connectivity index (χ4v) is 10.2. The minimum absolute atomic E-state index is 0.0505. The second kappa shape index (κ2) is 14.9. The summed E-state index contributed by atoms with van der Waals surface area (Å²) in [5.41, 5.74) is 1.14. The summed E-state index contributed by atoms with van der Waals surface area (Å²) in [6.07, 6.45) is 3.34. The average molecular weight is 636 g/mol. The smallest absolute Gasteiger partial charge is 0.356 e. The van der Waals surface area contributed by atoms with Gasteiger partial charge in [-0.25, -0.2) is 9.59 Å². The molecule has 4 aromatic carbocycles. The summed E-state index contributed by atoms with van der Waals surface area (Å²) in [5.74, 6) is -1.23. The molecule has 1 saturated heterocycles. The summed E-state index contributed by atoms with van der Waals surface area (Å²) < 4.78 is 11.1. The lowest BCUT2D eigenvalue weighted by Gasteiger charge is -2.45. The van der Waals surface area contributed by atoms with Crippen LogP contribution in [0.3, 0.4) is 0 Å². The molecule has 45 heavy (non-hydrogen) atoms. The van der Waals surface area contributed by atoms with Gasteiger partial charge in [-0.3, -0.25) is 4.79 Å². The Bertz CT molecular complexity index is 1640. The number of hydrogen-bond donors (Lipinski definition) is 0. The Morgan fingerprint density at radius 3 is 1.73 bits per heavy atom. The lowest BCUT2D eigenvalue weighted by molar-refractivity contribution is -0.144. The number of amides is 1. The molecule has 1 amide bonds. The minimum Gasteiger partial charge on any atom is -0.463 e. The summed E-state index contributed by atoms with van der Waals surface area (Å²) in [6, 6.07) is 38.7. The molecule has 0 aliphatic carbocycles. The zero-order chi connectivity index (χ0) is 31.6. The largest absolute Gasteiger partial charge is 0.463 e. The van der Waals surface area contributed by atoms with Crippen molar-refractivity contribution in [2.75, 3.05) is 6.61 Å². The van der Waals surface area contributed by atoms with Crippen LogP contribution in [0.25, 0.3) is 0 Å². The maximum absolute atomic E-state index is 14.6. The van der Waals surface area contributed by atoms with Gasteiger partial charge >= 0.3 is 11.9 Å². The van der Waals surface area contributed by atoms with Crippen molar-refractivity contribution in [1.29, 1.82) is 0 Å². The number of carbonyl (C=O) groups excluding carboxylic acids is 3. The third kappa shape index (κ3) is 7.06. The number of hydrogen-bond acceptors (Lipinski definition) is 6. The van der Waals surface area contributed by atoms with E-state index in [-0.39, 0.29) is 25.5 Å². The lowest BCUT2D eigenvalue weighted by Crippen LogP contribution is -2.60. The van der Waals surface area contributed by atoms with Crippen LogP contribution in [0, 0.1) is 0 Å². The molecule has 4 aromatic rings. The average Bonchev–Trinajstić information content (AvgIpc) is 3.08. The van der Waals surface area contributed by atoms with Crippen LogP contribution in [0.5, 0.6) is 0 Å². The molecule has 1 fully saturated rings. The topological polar surface area (TPSA) is 72.9 Å². The van der Waals surface area contributed by atoms with E-state index in [1.807, 2.05) is 121 Å². The standard InChI is InChI=1S/C37H34NO5PS/c1-2-42-35(40)24-23-33(45)25-29-26-34(39)38(29)36(37(41)43-27-28-15-7-3-8-16-28)44(30-17-9-4-10-18-30,31-19-11-5-12-20-31)32-21-13-6-14-22-32/h3-24,29H,2,25-27H2,1H3. The molecule has 1 unspecified atom stereocenters. The second-order valence-corrected chi connectivity index (χ2v) is 14.3. The summed E-state index contributed by atoms with van der Waals surface area (Å²) in [5, 5.41) is 2.74. The van der Waals surface area contributed by atoms with Crippen LogP contribution in [0.1, 0.15) is 25.3 Å². The molecular weight excluding hydrogens is 601 g/mol. The summed E-state index contributed by atoms with van der Waals surface area (Å²) in [4.78, 5) is 42.4. The number of benzene rings is 4. The van der Waals surface area contributed by atoms with Crippen molar-refractivity contribution in [3.8, 4) is 0 Å². The summed E-state index contributed by atoms with van der Waals surface area (Å²) >= 11 is 5.62. The Hall–Kier alpha value is -4.58. The predicted octanol–water partition coefficient (Wildman–Crippen LogP) is 5.33. The number of thiocarbonyl (C=S) groups is 1. The molecule has 0 N–H and O–H groups in total. The molecule has 6 nitrogen and oxygen atoms in total. The van der Waals surface area contributed by atoms with E-state index in [1.54, 1.807) is 11.8 Å². The Kier molecular flexibility index (Phi) is 10.6. The first-order valence-electron chi connectivity index (χ1n) is 14.8. The van der Waals surface area contributed by atoms with Gasteiger partial charge in [-0.15, -0.1) is 0 Å². The predicted molar refractivity (Wildman–Crippen MR) is 185 cm³/mol. The molecule has 5 rings (SSSR count). The van der Waals surface area contributed by atoms with Crippen LogP contribution >= 0.6 is 19.1 Å². The summed E-state index contributed by atoms with van der Waals surface area (Å²) in [7, 11) is 0.